The number of rotatable bonds is 7. The van der Waals surface area contributed by atoms with Gasteiger partial charge in [-0.25, -0.2) is 9.78 Å². The molecule has 4 amide bonds. The van der Waals surface area contributed by atoms with Gasteiger partial charge in [-0.1, -0.05) is 19.3 Å². The number of aromatic nitrogens is 1. The summed E-state index contributed by atoms with van der Waals surface area (Å²) in [7, 11) is 1.58. The van der Waals surface area contributed by atoms with Gasteiger partial charge in [0.25, 0.3) is 5.91 Å². The smallest absolute Gasteiger partial charge is 0.325 e. The second-order valence-electron chi connectivity index (χ2n) is 7.96. The van der Waals surface area contributed by atoms with Crippen LogP contribution in [0.1, 0.15) is 38.5 Å². The van der Waals surface area contributed by atoms with Crippen LogP contribution in [0.4, 0.5) is 10.5 Å². The topological polar surface area (TPSA) is 110 Å². The van der Waals surface area contributed by atoms with Crippen LogP contribution in [0.5, 0.6) is 17.4 Å². The van der Waals surface area contributed by atoms with Crippen molar-refractivity contribution in [3.8, 4) is 17.4 Å². The first kappa shape index (κ1) is 21.6. The van der Waals surface area contributed by atoms with E-state index in [1.807, 2.05) is 0 Å². The molecule has 2 aliphatic rings. The normalized spacial score (nSPS) is 17.2. The van der Waals surface area contributed by atoms with Crippen molar-refractivity contribution < 1.29 is 23.9 Å². The van der Waals surface area contributed by atoms with Gasteiger partial charge in [0.15, 0.2) is 0 Å². The molecule has 1 aromatic heterocycles. The van der Waals surface area contributed by atoms with Crippen molar-refractivity contribution in [2.24, 2.45) is 0 Å². The van der Waals surface area contributed by atoms with Gasteiger partial charge >= 0.3 is 6.03 Å². The first-order valence-corrected chi connectivity index (χ1v) is 10.7. The van der Waals surface area contributed by atoms with Crippen LogP contribution in [-0.4, -0.2) is 46.9 Å². The highest BCUT2D eigenvalue weighted by molar-refractivity contribution is 6.07. The summed E-state index contributed by atoms with van der Waals surface area (Å²) in [5, 5.41) is 5.61. The number of ether oxygens (including phenoxy) is 2. The van der Waals surface area contributed by atoms with Crippen LogP contribution in [0.3, 0.4) is 0 Å². The Balaban J connectivity index is 1.36. The molecule has 2 N–H and O–H groups in total. The van der Waals surface area contributed by atoms with Gasteiger partial charge in [0.05, 0.1) is 7.11 Å². The average Bonchev–Trinajstić information content (AvgIpc) is 3.03. The Morgan fingerprint density at radius 3 is 2.56 bits per heavy atom. The minimum absolute atomic E-state index is 0.0210. The Bertz CT molecular complexity index is 1000. The zero-order valence-electron chi connectivity index (χ0n) is 17.9. The van der Waals surface area contributed by atoms with Crippen LogP contribution >= 0.6 is 0 Å². The van der Waals surface area contributed by atoms with Crippen molar-refractivity contribution >= 4 is 23.5 Å². The molecule has 0 radical (unpaired) electrons. The summed E-state index contributed by atoms with van der Waals surface area (Å²) in [6.07, 6.45) is 5.75. The van der Waals surface area contributed by atoms with Gasteiger partial charge in [-0.3, -0.25) is 14.5 Å². The number of carbonyl (C=O) groups excluding carboxylic acids is 3. The summed E-state index contributed by atoms with van der Waals surface area (Å²) in [5.74, 6) is 0.907. The van der Waals surface area contributed by atoms with E-state index in [0.29, 0.717) is 30.0 Å². The number of hydrogen-bond donors (Lipinski definition) is 2. The summed E-state index contributed by atoms with van der Waals surface area (Å²) < 4.78 is 10.9. The molecule has 1 saturated heterocycles. The summed E-state index contributed by atoms with van der Waals surface area (Å²) in [6, 6.07) is 9.92. The minimum atomic E-state index is -0.783. The van der Waals surface area contributed by atoms with Crippen LogP contribution < -0.4 is 20.1 Å². The number of amides is 4. The maximum absolute atomic E-state index is 12.8. The summed E-state index contributed by atoms with van der Waals surface area (Å²) in [6.45, 7) is 0.0210. The summed E-state index contributed by atoms with van der Waals surface area (Å²) in [4.78, 5) is 43.1. The number of pyridine rings is 1. The molecule has 1 saturated carbocycles. The van der Waals surface area contributed by atoms with E-state index in [-0.39, 0.29) is 30.7 Å². The van der Waals surface area contributed by atoms with E-state index >= 15 is 0 Å². The van der Waals surface area contributed by atoms with Gasteiger partial charge in [-0.15, -0.1) is 0 Å². The van der Waals surface area contributed by atoms with Gasteiger partial charge < -0.3 is 20.1 Å². The van der Waals surface area contributed by atoms with Crippen molar-refractivity contribution in [3.05, 3.63) is 42.6 Å². The van der Waals surface area contributed by atoms with Crippen LogP contribution in [0.25, 0.3) is 0 Å². The van der Waals surface area contributed by atoms with Crippen molar-refractivity contribution in [1.82, 2.24) is 15.2 Å². The van der Waals surface area contributed by atoms with Gasteiger partial charge in [0, 0.05) is 19.2 Å². The Morgan fingerprint density at radius 1 is 1.12 bits per heavy atom. The highest BCUT2D eigenvalue weighted by Gasteiger charge is 2.51. The second kappa shape index (κ2) is 9.25. The number of methoxy groups -OCH3 is 1. The molecule has 168 valence electrons. The minimum Gasteiger partial charge on any atom is -0.497 e. The molecule has 9 nitrogen and oxygen atoms in total. The van der Waals surface area contributed by atoms with E-state index in [2.05, 4.69) is 15.6 Å². The van der Waals surface area contributed by atoms with Gasteiger partial charge in [0.1, 0.15) is 22.7 Å². The third kappa shape index (κ3) is 4.51. The number of imide groups is 1. The third-order valence-electron chi connectivity index (χ3n) is 5.83. The number of urea groups is 1. The molecule has 1 aromatic carbocycles. The van der Waals surface area contributed by atoms with E-state index in [9.17, 15) is 14.4 Å². The third-order valence-corrected chi connectivity index (χ3v) is 5.83. The monoisotopic (exact) mass is 438 g/mol. The van der Waals surface area contributed by atoms with E-state index in [1.54, 1.807) is 49.7 Å². The second-order valence-corrected chi connectivity index (χ2v) is 7.96. The molecule has 0 atom stereocenters. The highest BCUT2D eigenvalue weighted by atomic mass is 16.5. The zero-order chi connectivity index (χ0) is 22.6. The SMILES string of the molecule is COc1ccc(Oc2ncccc2NC(=O)CCN2C(=O)NC3(CCCCC3)C2=O)cc1. The molecule has 2 fully saturated rings. The summed E-state index contributed by atoms with van der Waals surface area (Å²) in [5.41, 5.74) is -0.386. The molecule has 2 aromatic rings. The lowest BCUT2D eigenvalue weighted by atomic mass is 9.82. The number of anilines is 1. The highest BCUT2D eigenvalue weighted by Crippen LogP contribution is 2.34. The Hall–Kier alpha value is -3.62. The van der Waals surface area contributed by atoms with Crippen molar-refractivity contribution in [2.45, 2.75) is 44.1 Å². The van der Waals surface area contributed by atoms with Crippen molar-refractivity contribution in [1.29, 1.82) is 0 Å². The standard InChI is InChI=1S/C23H26N4O5/c1-31-16-7-9-17(10-8-16)32-20-18(6-5-14-24-20)25-19(28)11-15-27-21(29)23(26-22(27)30)12-3-2-4-13-23/h5-10,14H,2-4,11-13,15H2,1H3,(H,25,28)(H,26,30). The van der Waals surface area contributed by atoms with Gasteiger partial charge in [0.2, 0.25) is 11.8 Å². The quantitative estimate of drug-likeness (QED) is 0.641. The fourth-order valence-electron chi connectivity index (χ4n) is 4.12. The first-order valence-electron chi connectivity index (χ1n) is 10.7. The Kier molecular flexibility index (Phi) is 6.25. The number of nitrogens with one attached hydrogen (secondary N) is 2. The number of benzene rings is 1. The van der Waals surface area contributed by atoms with Crippen molar-refractivity contribution in [2.75, 3.05) is 19.0 Å². The lowest BCUT2D eigenvalue weighted by Crippen LogP contribution is -2.48. The summed E-state index contributed by atoms with van der Waals surface area (Å²) >= 11 is 0. The van der Waals surface area contributed by atoms with E-state index < -0.39 is 11.6 Å². The molecule has 0 bridgehead atoms. The average molecular weight is 438 g/mol. The molecule has 1 aliphatic carbocycles. The van der Waals surface area contributed by atoms with Gasteiger partial charge in [-0.05, 0) is 49.2 Å². The molecule has 32 heavy (non-hydrogen) atoms. The maximum atomic E-state index is 12.8. The molecule has 1 spiro atoms. The Morgan fingerprint density at radius 2 is 1.84 bits per heavy atom. The molecular weight excluding hydrogens is 412 g/mol. The lowest BCUT2D eigenvalue weighted by Gasteiger charge is -2.30. The molecule has 4 rings (SSSR count). The fourth-order valence-corrected chi connectivity index (χ4v) is 4.12. The maximum Gasteiger partial charge on any atom is 0.325 e. The molecule has 1 aliphatic heterocycles. The molecule has 2 heterocycles. The molecule has 9 heteroatoms. The van der Waals surface area contributed by atoms with E-state index in [1.165, 1.54) is 0 Å². The number of hydrogen-bond acceptors (Lipinski definition) is 6. The molecule has 0 unspecified atom stereocenters. The van der Waals surface area contributed by atoms with Crippen LogP contribution in [0.2, 0.25) is 0 Å². The van der Waals surface area contributed by atoms with Crippen LogP contribution in [-0.2, 0) is 9.59 Å². The van der Waals surface area contributed by atoms with Crippen LogP contribution in [0, 0.1) is 0 Å². The zero-order valence-corrected chi connectivity index (χ0v) is 17.9. The Labute approximate surface area is 186 Å². The largest absolute Gasteiger partial charge is 0.497 e. The van der Waals surface area contributed by atoms with E-state index in [4.69, 9.17) is 9.47 Å². The molecular formula is C23H26N4O5. The fraction of sp³-hybridized carbons (Fsp3) is 0.391. The number of carbonyl (C=O) groups is 3. The number of nitrogens with zero attached hydrogens (tertiary/aromatic N) is 2. The van der Waals surface area contributed by atoms with Crippen LogP contribution in [0.15, 0.2) is 42.6 Å². The predicted molar refractivity (Wildman–Crippen MR) is 117 cm³/mol. The van der Waals surface area contributed by atoms with E-state index in [0.717, 1.165) is 24.2 Å². The van der Waals surface area contributed by atoms with Crippen molar-refractivity contribution in [3.63, 3.8) is 0 Å². The predicted octanol–water partition coefficient (Wildman–Crippen LogP) is 3.47. The van der Waals surface area contributed by atoms with Gasteiger partial charge in [-0.2, -0.15) is 0 Å². The lowest BCUT2D eigenvalue weighted by molar-refractivity contribution is -0.132. The first-order chi connectivity index (χ1) is 15.5.